The Morgan fingerprint density at radius 2 is 2.19 bits per heavy atom. The molecule has 0 amide bonds. The first-order valence-electron chi connectivity index (χ1n) is 5.02. The lowest BCUT2D eigenvalue weighted by atomic mass is 10.1. The maximum Gasteiger partial charge on any atom is 0.224 e. The third kappa shape index (κ3) is 2.48. The van der Waals surface area contributed by atoms with Crippen LogP contribution in [0.4, 0.5) is 0 Å². The minimum absolute atomic E-state index is 0.206. The lowest BCUT2D eigenvalue weighted by Gasteiger charge is -2.16. The highest BCUT2D eigenvalue weighted by Crippen LogP contribution is 2.15. The summed E-state index contributed by atoms with van der Waals surface area (Å²) >= 11 is 5.72. The molecule has 0 radical (unpaired) electrons. The summed E-state index contributed by atoms with van der Waals surface area (Å²) in [5, 5.41) is 14.9. The van der Waals surface area contributed by atoms with Gasteiger partial charge in [0.15, 0.2) is 5.65 Å². The molecule has 0 aliphatic carbocycles. The van der Waals surface area contributed by atoms with Crippen molar-refractivity contribution in [2.45, 2.75) is 32.4 Å². The van der Waals surface area contributed by atoms with E-state index in [1.165, 1.54) is 0 Å². The van der Waals surface area contributed by atoms with Crippen molar-refractivity contribution in [2.24, 2.45) is 0 Å². The molecule has 0 bridgehead atoms. The molecule has 0 saturated carbocycles. The van der Waals surface area contributed by atoms with E-state index in [9.17, 15) is 5.11 Å². The number of rotatable bonds is 3. The van der Waals surface area contributed by atoms with Crippen molar-refractivity contribution >= 4 is 22.6 Å². The highest BCUT2D eigenvalue weighted by molar-refractivity contribution is 6.28. The van der Waals surface area contributed by atoms with Crippen LogP contribution in [-0.4, -0.2) is 30.5 Å². The molecule has 2 aromatic rings. The van der Waals surface area contributed by atoms with Gasteiger partial charge in [0.1, 0.15) is 0 Å². The first-order valence-corrected chi connectivity index (χ1v) is 5.40. The highest BCUT2D eigenvalue weighted by atomic mass is 35.5. The standard InChI is InChI=1S/C10H13ClN4O/c1-10(2,16)3-4-15-8-7(6-13-15)5-12-9(11)14-8/h5-6,16H,3-4H2,1-2H3. The van der Waals surface area contributed by atoms with Crippen LogP contribution in [0.2, 0.25) is 5.28 Å². The molecule has 2 aromatic heterocycles. The van der Waals surface area contributed by atoms with Crippen molar-refractivity contribution in [2.75, 3.05) is 0 Å². The molecule has 0 aliphatic rings. The largest absolute Gasteiger partial charge is 0.390 e. The highest BCUT2D eigenvalue weighted by Gasteiger charge is 2.14. The second-order valence-electron chi connectivity index (χ2n) is 4.35. The number of halogens is 1. The van der Waals surface area contributed by atoms with E-state index in [4.69, 9.17) is 11.6 Å². The summed E-state index contributed by atoms with van der Waals surface area (Å²) in [5.74, 6) is 0. The van der Waals surface area contributed by atoms with Crippen LogP contribution in [0.15, 0.2) is 12.4 Å². The van der Waals surface area contributed by atoms with Gasteiger partial charge in [0, 0.05) is 12.7 Å². The van der Waals surface area contributed by atoms with Crippen LogP contribution < -0.4 is 0 Å². The average molecular weight is 241 g/mol. The molecule has 86 valence electrons. The van der Waals surface area contributed by atoms with Gasteiger partial charge in [-0.15, -0.1) is 0 Å². The number of hydrogen-bond donors (Lipinski definition) is 1. The number of aryl methyl sites for hydroxylation is 1. The molecule has 0 spiro atoms. The predicted octanol–water partition coefficient (Wildman–Crippen LogP) is 1.64. The predicted molar refractivity (Wildman–Crippen MR) is 61.2 cm³/mol. The Hall–Kier alpha value is -1.20. The Morgan fingerprint density at radius 1 is 1.44 bits per heavy atom. The molecule has 1 N–H and O–H groups in total. The van der Waals surface area contributed by atoms with E-state index < -0.39 is 5.60 Å². The SMILES string of the molecule is CC(C)(O)CCn1ncc2cnc(Cl)nc21. The Balaban J connectivity index is 2.28. The summed E-state index contributed by atoms with van der Waals surface area (Å²) < 4.78 is 1.72. The fourth-order valence-corrected chi connectivity index (χ4v) is 1.52. The molecule has 6 heteroatoms. The van der Waals surface area contributed by atoms with E-state index in [1.54, 1.807) is 30.9 Å². The summed E-state index contributed by atoms with van der Waals surface area (Å²) in [7, 11) is 0. The van der Waals surface area contributed by atoms with Gasteiger partial charge in [0.2, 0.25) is 5.28 Å². The third-order valence-electron chi connectivity index (χ3n) is 2.28. The minimum atomic E-state index is -0.713. The molecule has 2 rings (SSSR count). The first-order chi connectivity index (χ1) is 7.46. The van der Waals surface area contributed by atoms with Crippen molar-refractivity contribution in [1.29, 1.82) is 0 Å². The quantitative estimate of drug-likeness (QED) is 0.829. The zero-order chi connectivity index (χ0) is 11.8. The number of aromatic nitrogens is 4. The molecule has 2 heterocycles. The smallest absolute Gasteiger partial charge is 0.224 e. The molecule has 0 fully saturated rings. The van der Waals surface area contributed by atoms with Crippen molar-refractivity contribution in [3.05, 3.63) is 17.7 Å². The van der Waals surface area contributed by atoms with E-state index in [-0.39, 0.29) is 5.28 Å². The maximum atomic E-state index is 9.64. The summed E-state index contributed by atoms with van der Waals surface area (Å²) in [6, 6.07) is 0. The van der Waals surface area contributed by atoms with Gasteiger partial charge in [-0.3, -0.25) is 0 Å². The summed E-state index contributed by atoms with van der Waals surface area (Å²) in [4.78, 5) is 7.99. The molecule has 16 heavy (non-hydrogen) atoms. The Kier molecular flexibility index (Phi) is 2.82. The van der Waals surface area contributed by atoms with Crippen molar-refractivity contribution in [1.82, 2.24) is 19.7 Å². The zero-order valence-corrected chi connectivity index (χ0v) is 9.94. The van der Waals surface area contributed by atoms with Crippen LogP contribution in [0.25, 0.3) is 11.0 Å². The van der Waals surface area contributed by atoms with Gasteiger partial charge < -0.3 is 5.11 Å². The Morgan fingerprint density at radius 3 is 2.88 bits per heavy atom. The monoisotopic (exact) mass is 240 g/mol. The zero-order valence-electron chi connectivity index (χ0n) is 9.18. The van der Waals surface area contributed by atoms with Gasteiger partial charge in [0.05, 0.1) is 17.2 Å². The fourth-order valence-electron chi connectivity index (χ4n) is 1.39. The topological polar surface area (TPSA) is 63.8 Å². The van der Waals surface area contributed by atoms with Crippen molar-refractivity contribution in [3.8, 4) is 0 Å². The second kappa shape index (κ2) is 3.99. The Bertz CT molecular complexity index is 503. The summed E-state index contributed by atoms with van der Waals surface area (Å²) in [6.07, 6.45) is 3.93. The average Bonchev–Trinajstić information content (AvgIpc) is 2.56. The maximum absolute atomic E-state index is 9.64. The van der Waals surface area contributed by atoms with Crippen LogP contribution in [0.3, 0.4) is 0 Å². The van der Waals surface area contributed by atoms with E-state index >= 15 is 0 Å². The fraction of sp³-hybridized carbons (Fsp3) is 0.500. The van der Waals surface area contributed by atoms with E-state index in [0.717, 1.165) is 5.39 Å². The molecule has 0 atom stereocenters. The number of hydrogen-bond acceptors (Lipinski definition) is 4. The first kappa shape index (κ1) is 11.3. The molecule has 0 aromatic carbocycles. The van der Waals surface area contributed by atoms with Gasteiger partial charge in [-0.05, 0) is 31.9 Å². The minimum Gasteiger partial charge on any atom is -0.390 e. The van der Waals surface area contributed by atoms with E-state index in [0.29, 0.717) is 18.6 Å². The van der Waals surface area contributed by atoms with Crippen LogP contribution in [0, 0.1) is 0 Å². The van der Waals surface area contributed by atoms with Crippen LogP contribution in [-0.2, 0) is 6.54 Å². The molecule has 0 aliphatic heterocycles. The van der Waals surface area contributed by atoms with Gasteiger partial charge >= 0.3 is 0 Å². The molecular weight excluding hydrogens is 228 g/mol. The Labute approximate surface area is 98.1 Å². The van der Waals surface area contributed by atoms with Gasteiger partial charge in [0.25, 0.3) is 0 Å². The van der Waals surface area contributed by atoms with E-state index in [2.05, 4.69) is 15.1 Å². The summed E-state index contributed by atoms with van der Waals surface area (Å²) in [5.41, 5.74) is -0.0148. The number of nitrogens with zero attached hydrogens (tertiary/aromatic N) is 4. The van der Waals surface area contributed by atoms with Crippen LogP contribution in [0.5, 0.6) is 0 Å². The lowest BCUT2D eigenvalue weighted by Crippen LogP contribution is -2.21. The lowest BCUT2D eigenvalue weighted by molar-refractivity contribution is 0.0655. The molecule has 5 nitrogen and oxygen atoms in total. The third-order valence-corrected chi connectivity index (χ3v) is 2.46. The molecule has 0 unspecified atom stereocenters. The number of fused-ring (bicyclic) bond motifs is 1. The van der Waals surface area contributed by atoms with Crippen molar-refractivity contribution in [3.63, 3.8) is 0 Å². The van der Waals surface area contributed by atoms with Crippen LogP contribution >= 0.6 is 11.6 Å². The molecule has 0 saturated heterocycles. The second-order valence-corrected chi connectivity index (χ2v) is 4.69. The van der Waals surface area contributed by atoms with Gasteiger partial charge in [-0.1, -0.05) is 0 Å². The normalized spacial score (nSPS) is 12.2. The summed E-state index contributed by atoms with van der Waals surface area (Å²) in [6.45, 7) is 4.13. The van der Waals surface area contributed by atoms with Crippen LogP contribution in [0.1, 0.15) is 20.3 Å². The van der Waals surface area contributed by atoms with Gasteiger partial charge in [-0.2, -0.15) is 10.1 Å². The number of aliphatic hydroxyl groups is 1. The van der Waals surface area contributed by atoms with E-state index in [1.807, 2.05) is 0 Å². The molecular formula is C10H13ClN4O. The van der Waals surface area contributed by atoms with Gasteiger partial charge in [-0.25, -0.2) is 9.67 Å². The van der Waals surface area contributed by atoms with Crippen molar-refractivity contribution < 1.29 is 5.11 Å².